The van der Waals surface area contributed by atoms with Gasteiger partial charge in [-0.15, -0.1) is 13.2 Å². The molecule has 7 nitrogen and oxygen atoms in total. The van der Waals surface area contributed by atoms with Crippen LogP contribution in [0.5, 0.6) is 17.2 Å². The van der Waals surface area contributed by atoms with Crippen LogP contribution in [-0.2, 0) is 4.79 Å². The second-order valence-corrected chi connectivity index (χ2v) is 7.97. The van der Waals surface area contributed by atoms with Crippen LogP contribution in [-0.4, -0.2) is 63.1 Å². The molecule has 32 heavy (non-hydrogen) atoms. The van der Waals surface area contributed by atoms with Gasteiger partial charge in [0.2, 0.25) is 0 Å². The number of anilines is 1. The molecule has 172 valence electrons. The molecule has 0 aliphatic rings. The Hall–Kier alpha value is -3.05. The maximum absolute atomic E-state index is 13.0. The monoisotopic (exact) mass is 469 g/mol. The quantitative estimate of drug-likeness (QED) is 0.469. The third kappa shape index (κ3) is 6.24. The molecule has 1 heterocycles. The van der Waals surface area contributed by atoms with Gasteiger partial charge in [-0.25, -0.2) is 4.98 Å². The molecule has 1 aromatic heterocycles. The summed E-state index contributed by atoms with van der Waals surface area (Å²) in [7, 11) is 5.24. The van der Waals surface area contributed by atoms with Gasteiger partial charge in [0.05, 0.1) is 17.3 Å². The van der Waals surface area contributed by atoms with Crippen molar-refractivity contribution in [1.29, 1.82) is 0 Å². The highest BCUT2D eigenvalue weighted by molar-refractivity contribution is 7.22. The lowest BCUT2D eigenvalue weighted by atomic mass is 10.3. The van der Waals surface area contributed by atoms with Crippen molar-refractivity contribution in [2.45, 2.75) is 6.36 Å². The van der Waals surface area contributed by atoms with Crippen molar-refractivity contribution in [2.24, 2.45) is 0 Å². The summed E-state index contributed by atoms with van der Waals surface area (Å²) in [6, 6.07) is 10.8. The Morgan fingerprint density at radius 1 is 1.09 bits per heavy atom. The van der Waals surface area contributed by atoms with Crippen LogP contribution in [0.3, 0.4) is 0 Å². The molecule has 0 bridgehead atoms. The molecule has 0 saturated carbocycles. The molecule has 0 aliphatic carbocycles. The number of thiazole rings is 1. The van der Waals surface area contributed by atoms with Crippen LogP contribution in [0.15, 0.2) is 42.5 Å². The number of alkyl halides is 3. The predicted octanol–water partition coefficient (Wildman–Crippen LogP) is 4.18. The fourth-order valence-electron chi connectivity index (χ4n) is 2.79. The smallest absolute Gasteiger partial charge is 0.493 e. The number of methoxy groups -OCH3 is 1. The Morgan fingerprint density at radius 2 is 1.81 bits per heavy atom. The molecule has 0 fully saturated rings. The number of amides is 1. The number of fused-ring (bicyclic) bond motifs is 1. The fraction of sp³-hybridized carbons (Fsp3) is 0.333. The minimum Gasteiger partial charge on any atom is -0.493 e. The molecule has 3 rings (SSSR count). The average molecular weight is 469 g/mol. The van der Waals surface area contributed by atoms with Crippen LogP contribution in [0.4, 0.5) is 18.3 Å². The van der Waals surface area contributed by atoms with Crippen LogP contribution in [0.1, 0.15) is 0 Å². The maximum Gasteiger partial charge on any atom is 0.573 e. The number of rotatable bonds is 9. The number of para-hydroxylation sites is 2. The molecular formula is C21H22F3N3O4S. The number of benzene rings is 2. The van der Waals surface area contributed by atoms with Gasteiger partial charge in [-0.2, -0.15) is 0 Å². The van der Waals surface area contributed by atoms with Gasteiger partial charge in [-0.1, -0.05) is 23.5 Å². The summed E-state index contributed by atoms with van der Waals surface area (Å²) in [6.07, 6.45) is -4.79. The summed E-state index contributed by atoms with van der Waals surface area (Å²) < 4.78 is 52.9. The molecule has 11 heteroatoms. The van der Waals surface area contributed by atoms with Gasteiger partial charge in [-0.3, -0.25) is 9.69 Å². The largest absolute Gasteiger partial charge is 0.573 e. The minimum atomic E-state index is -4.79. The highest BCUT2D eigenvalue weighted by atomic mass is 32.1. The number of likely N-dealkylation sites (N-methyl/N-ethyl adjacent to an activating group) is 1. The summed E-state index contributed by atoms with van der Waals surface area (Å²) in [6.45, 7) is 0.623. The first kappa shape index (κ1) is 23.6. The molecule has 2 aromatic carbocycles. The summed E-state index contributed by atoms with van der Waals surface area (Å²) in [5.41, 5.74) is 0.466. The highest BCUT2D eigenvalue weighted by Gasteiger charge is 2.31. The van der Waals surface area contributed by atoms with Crippen LogP contribution in [0.2, 0.25) is 0 Å². The number of hydrogen-bond acceptors (Lipinski definition) is 7. The molecule has 3 aromatic rings. The van der Waals surface area contributed by atoms with E-state index in [9.17, 15) is 18.0 Å². The van der Waals surface area contributed by atoms with Gasteiger partial charge in [0.25, 0.3) is 5.91 Å². The Kier molecular flexibility index (Phi) is 7.41. The molecule has 0 saturated heterocycles. The zero-order valence-corrected chi connectivity index (χ0v) is 18.5. The minimum absolute atomic E-state index is 0.258. The number of carbonyl (C=O) groups excluding carboxylic acids is 1. The number of halogens is 3. The normalized spacial score (nSPS) is 11.6. The molecular weight excluding hydrogens is 447 g/mol. The average Bonchev–Trinajstić information content (AvgIpc) is 3.14. The molecule has 0 spiro atoms. The van der Waals surface area contributed by atoms with Crippen molar-refractivity contribution in [3.63, 3.8) is 0 Å². The third-order valence-corrected chi connectivity index (χ3v) is 5.35. The van der Waals surface area contributed by atoms with Crippen LogP contribution in [0.25, 0.3) is 10.2 Å². The number of aromatic nitrogens is 1. The van der Waals surface area contributed by atoms with Crippen molar-refractivity contribution >= 4 is 32.6 Å². The van der Waals surface area contributed by atoms with Gasteiger partial charge >= 0.3 is 6.36 Å². The molecule has 0 N–H and O–H groups in total. The van der Waals surface area contributed by atoms with E-state index in [-0.39, 0.29) is 18.3 Å². The lowest BCUT2D eigenvalue weighted by Gasteiger charge is -2.22. The van der Waals surface area contributed by atoms with E-state index in [0.29, 0.717) is 39.9 Å². The highest BCUT2D eigenvalue weighted by Crippen LogP contribution is 2.33. The van der Waals surface area contributed by atoms with Crippen molar-refractivity contribution in [3.05, 3.63) is 42.5 Å². The number of hydrogen-bond donors (Lipinski definition) is 0. The van der Waals surface area contributed by atoms with E-state index in [1.165, 1.54) is 30.2 Å². The zero-order chi connectivity index (χ0) is 23.3. The predicted molar refractivity (Wildman–Crippen MR) is 116 cm³/mol. The van der Waals surface area contributed by atoms with Crippen molar-refractivity contribution in [2.75, 3.05) is 45.8 Å². The van der Waals surface area contributed by atoms with Gasteiger partial charge in [0, 0.05) is 19.2 Å². The number of nitrogens with zero attached hydrogens (tertiary/aromatic N) is 3. The van der Waals surface area contributed by atoms with Gasteiger partial charge < -0.3 is 19.1 Å². The first-order chi connectivity index (χ1) is 15.2. The van der Waals surface area contributed by atoms with E-state index in [4.69, 9.17) is 9.47 Å². The van der Waals surface area contributed by atoms with Crippen molar-refractivity contribution in [1.82, 2.24) is 9.88 Å². The van der Waals surface area contributed by atoms with E-state index in [1.807, 2.05) is 19.0 Å². The van der Waals surface area contributed by atoms with Crippen molar-refractivity contribution in [3.8, 4) is 17.2 Å². The van der Waals surface area contributed by atoms with Crippen LogP contribution < -0.4 is 19.1 Å². The Balaban J connectivity index is 1.82. The maximum atomic E-state index is 13.0. The lowest BCUT2D eigenvalue weighted by Crippen LogP contribution is -2.39. The van der Waals surface area contributed by atoms with Crippen LogP contribution >= 0.6 is 11.3 Å². The SMILES string of the molecule is COc1ccccc1OCC(=O)N(CCN(C)C)c1nc2ccc(OC(F)(F)F)cc2s1. The fourth-order valence-corrected chi connectivity index (χ4v) is 3.83. The first-order valence-electron chi connectivity index (χ1n) is 9.53. The lowest BCUT2D eigenvalue weighted by molar-refractivity contribution is -0.274. The first-order valence-corrected chi connectivity index (χ1v) is 10.3. The Labute approximate surface area is 186 Å². The van der Waals surface area contributed by atoms with Gasteiger partial charge in [0.15, 0.2) is 23.2 Å². The van der Waals surface area contributed by atoms with Gasteiger partial charge in [0.1, 0.15) is 5.75 Å². The van der Waals surface area contributed by atoms with E-state index >= 15 is 0 Å². The van der Waals surface area contributed by atoms with E-state index in [1.54, 1.807) is 24.3 Å². The molecule has 0 radical (unpaired) electrons. The zero-order valence-electron chi connectivity index (χ0n) is 17.7. The van der Waals surface area contributed by atoms with Crippen molar-refractivity contribution < 1.29 is 32.2 Å². The van der Waals surface area contributed by atoms with E-state index in [2.05, 4.69) is 9.72 Å². The summed E-state index contributed by atoms with van der Waals surface area (Å²) in [4.78, 5) is 20.8. The van der Waals surface area contributed by atoms with Crippen LogP contribution in [0, 0.1) is 0 Å². The molecule has 0 atom stereocenters. The van der Waals surface area contributed by atoms with E-state index < -0.39 is 6.36 Å². The van der Waals surface area contributed by atoms with E-state index in [0.717, 1.165) is 11.3 Å². The molecule has 0 unspecified atom stereocenters. The standard InChI is InChI=1S/C21H22F3N3O4S/c1-26(2)10-11-27(19(28)13-30-17-7-5-4-6-16(17)29-3)20-25-15-9-8-14(12-18(15)32-20)31-21(22,23)24/h4-9,12H,10-11,13H2,1-3H3. The summed E-state index contributed by atoms with van der Waals surface area (Å²) >= 11 is 1.10. The summed E-state index contributed by atoms with van der Waals surface area (Å²) in [5, 5.41) is 0.361. The number of ether oxygens (including phenoxy) is 3. The molecule has 1 amide bonds. The summed E-state index contributed by atoms with van der Waals surface area (Å²) in [5.74, 6) is 0.237. The topological polar surface area (TPSA) is 64.1 Å². The van der Waals surface area contributed by atoms with Gasteiger partial charge in [-0.05, 0) is 38.4 Å². The number of carbonyl (C=O) groups is 1. The Morgan fingerprint density at radius 3 is 2.47 bits per heavy atom. The Bertz CT molecular complexity index is 1070. The molecule has 0 aliphatic heterocycles. The second kappa shape index (κ2) is 10.0. The third-order valence-electron chi connectivity index (χ3n) is 4.31. The second-order valence-electron chi connectivity index (χ2n) is 6.96.